The van der Waals surface area contributed by atoms with Crippen molar-refractivity contribution in [2.24, 2.45) is 0 Å². The van der Waals surface area contributed by atoms with Gasteiger partial charge in [-0.25, -0.2) is 14.2 Å². The fourth-order valence-corrected chi connectivity index (χ4v) is 3.80. The minimum Gasteiger partial charge on any atom is -0.497 e. The highest BCUT2D eigenvalue weighted by molar-refractivity contribution is 5.55. The molecule has 38 heavy (non-hydrogen) atoms. The van der Waals surface area contributed by atoms with E-state index in [1.165, 1.54) is 23.8 Å². The molecule has 0 unspecified atom stereocenters. The maximum absolute atomic E-state index is 13.6. The molecule has 198 valence electrons. The first-order valence-electron chi connectivity index (χ1n) is 11.6. The Kier molecular flexibility index (Phi) is 7.56. The van der Waals surface area contributed by atoms with Crippen LogP contribution >= 0.6 is 0 Å². The molecule has 4 rings (SSSR count). The van der Waals surface area contributed by atoms with Gasteiger partial charge in [0.05, 0.1) is 25.8 Å². The Labute approximate surface area is 216 Å². The fourth-order valence-electron chi connectivity index (χ4n) is 3.80. The largest absolute Gasteiger partial charge is 0.497 e. The van der Waals surface area contributed by atoms with E-state index in [1.54, 1.807) is 24.3 Å². The Morgan fingerprint density at radius 2 is 1.50 bits per heavy atom. The van der Waals surface area contributed by atoms with Crippen LogP contribution < -0.4 is 26.3 Å². The van der Waals surface area contributed by atoms with E-state index in [0.29, 0.717) is 11.3 Å². The smallest absolute Gasteiger partial charge is 0.416 e. The molecule has 11 heteroatoms. The molecule has 1 N–H and O–H groups in total. The molecule has 3 aromatic carbocycles. The van der Waals surface area contributed by atoms with Gasteiger partial charge in [0, 0.05) is 25.5 Å². The van der Waals surface area contributed by atoms with E-state index in [0.717, 1.165) is 28.0 Å². The van der Waals surface area contributed by atoms with Crippen molar-refractivity contribution in [1.29, 1.82) is 0 Å². The first-order chi connectivity index (χ1) is 18.0. The van der Waals surface area contributed by atoms with Crippen LogP contribution in [0.25, 0.3) is 0 Å². The van der Waals surface area contributed by atoms with Crippen LogP contribution in [0.5, 0.6) is 5.75 Å². The number of hydrogen-bond acceptors (Lipinski definition) is 6. The summed E-state index contributed by atoms with van der Waals surface area (Å²) in [6.45, 7) is -0.0121. The molecule has 8 nitrogen and oxygen atoms in total. The van der Waals surface area contributed by atoms with E-state index >= 15 is 0 Å². The third-order valence-corrected chi connectivity index (χ3v) is 5.89. The lowest BCUT2D eigenvalue weighted by atomic mass is 10.2. The van der Waals surface area contributed by atoms with Crippen LogP contribution in [-0.4, -0.2) is 35.3 Å². The van der Waals surface area contributed by atoms with Gasteiger partial charge in [-0.3, -0.25) is 4.57 Å². The summed E-state index contributed by atoms with van der Waals surface area (Å²) >= 11 is 0. The van der Waals surface area contributed by atoms with Crippen molar-refractivity contribution in [3.63, 3.8) is 0 Å². The second-order valence-electron chi connectivity index (χ2n) is 8.79. The van der Waals surface area contributed by atoms with E-state index in [4.69, 9.17) is 4.74 Å². The highest BCUT2D eigenvalue weighted by Crippen LogP contribution is 2.31. The lowest BCUT2D eigenvalue weighted by Crippen LogP contribution is -2.43. The van der Waals surface area contributed by atoms with E-state index < -0.39 is 23.1 Å². The number of benzene rings is 3. The van der Waals surface area contributed by atoms with E-state index in [-0.39, 0.29) is 24.7 Å². The fraction of sp³-hybridized carbons (Fsp3) is 0.222. The molecule has 0 aliphatic carbocycles. The molecule has 1 aromatic heterocycles. The number of alkyl halides is 3. The number of nitrogens with zero attached hydrogens (tertiary/aromatic N) is 4. The van der Waals surface area contributed by atoms with Gasteiger partial charge in [-0.05, 0) is 53.6 Å². The van der Waals surface area contributed by atoms with Gasteiger partial charge in [0.1, 0.15) is 5.75 Å². The zero-order chi connectivity index (χ0) is 27.4. The predicted molar refractivity (Wildman–Crippen MR) is 139 cm³/mol. The lowest BCUT2D eigenvalue weighted by Gasteiger charge is -2.17. The van der Waals surface area contributed by atoms with Crippen LogP contribution in [0.15, 0.2) is 82.4 Å². The molecule has 4 aromatic rings. The third-order valence-electron chi connectivity index (χ3n) is 5.89. The van der Waals surface area contributed by atoms with Gasteiger partial charge in [-0.15, -0.1) is 0 Å². The molecule has 0 radical (unpaired) electrons. The number of aromatic nitrogens is 3. The second-order valence-corrected chi connectivity index (χ2v) is 8.79. The van der Waals surface area contributed by atoms with E-state index in [1.807, 2.05) is 43.3 Å². The van der Waals surface area contributed by atoms with Crippen LogP contribution in [-0.2, 0) is 19.3 Å². The highest BCUT2D eigenvalue weighted by Gasteiger charge is 2.30. The van der Waals surface area contributed by atoms with Crippen molar-refractivity contribution in [1.82, 2.24) is 14.1 Å². The first kappa shape index (κ1) is 26.5. The molecule has 0 atom stereocenters. The van der Waals surface area contributed by atoms with Crippen molar-refractivity contribution >= 4 is 17.3 Å². The van der Waals surface area contributed by atoms with Crippen molar-refractivity contribution in [2.45, 2.75) is 19.3 Å². The zero-order valence-electron chi connectivity index (χ0n) is 21.0. The number of rotatable bonds is 8. The van der Waals surface area contributed by atoms with Crippen LogP contribution in [0.4, 0.5) is 30.5 Å². The monoisotopic (exact) mass is 525 g/mol. The van der Waals surface area contributed by atoms with E-state index in [9.17, 15) is 22.8 Å². The standard InChI is InChI=1S/C27H26F3N5O3/c1-33(2)22-11-7-18(8-12-22)16-34-24(31-21-6-4-5-20(15-21)27(28,29)30)32-25(36)35(26(34)37)17-19-9-13-23(38-3)14-10-19/h4-15H,16-17H2,1-3H3,(H,31,32,36). The number of nitrogens with one attached hydrogen (secondary N) is 1. The van der Waals surface area contributed by atoms with Crippen molar-refractivity contribution < 1.29 is 17.9 Å². The molecule has 0 aliphatic rings. The van der Waals surface area contributed by atoms with Crippen LogP contribution in [0.1, 0.15) is 16.7 Å². The van der Waals surface area contributed by atoms with Crippen LogP contribution in [0.2, 0.25) is 0 Å². The summed E-state index contributed by atoms with van der Waals surface area (Å²) in [5, 5.41) is 2.74. The summed E-state index contributed by atoms with van der Waals surface area (Å²) in [7, 11) is 5.33. The van der Waals surface area contributed by atoms with Crippen LogP contribution in [0, 0.1) is 0 Å². The minimum absolute atomic E-state index is 0.0315. The Morgan fingerprint density at radius 3 is 2.08 bits per heavy atom. The second kappa shape index (κ2) is 10.8. The molecule has 0 amide bonds. The molecular weight excluding hydrogens is 499 g/mol. The minimum atomic E-state index is -4.55. The molecule has 0 aliphatic heterocycles. The van der Waals surface area contributed by atoms with Gasteiger partial charge in [0.25, 0.3) is 0 Å². The molecule has 0 saturated heterocycles. The molecule has 0 spiro atoms. The summed E-state index contributed by atoms with van der Waals surface area (Å²) in [5.74, 6) is 0.459. The summed E-state index contributed by atoms with van der Waals surface area (Å²) in [6.07, 6.45) is -4.55. The maximum Gasteiger partial charge on any atom is 0.416 e. The maximum atomic E-state index is 13.6. The number of ether oxygens (including phenoxy) is 1. The molecule has 1 heterocycles. The normalized spacial score (nSPS) is 11.3. The average Bonchev–Trinajstić information content (AvgIpc) is 2.89. The molecule has 0 saturated carbocycles. The number of hydrogen-bond donors (Lipinski definition) is 1. The van der Waals surface area contributed by atoms with Crippen molar-refractivity contribution in [2.75, 3.05) is 31.4 Å². The highest BCUT2D eigenvalue weighted by atomic mass is 19.4. The number of halogens is 3. The summed E-state index contributed by atoms with van der Waals surface area (Å²) < 4.78 is 47.1. The van der Waals surface area contributed by atoms with Gasteiger partial charge in [0.2, 0.25) is 5.95 Å². The van der Waals surface area contributed by atoms with Gasteiger partial charge in [-0.1, -0.05) is 30.3 Å². The van der Waals surface area contributed by atoms with Crippen LogP contribution in [0.3, 0.4) is 0 Å². The average molecular weight is 526 g/mol. The van der Waals surface area contributed by atoms with Crippen molar-refractivity contribution in [3.05, 3.63) is 110 Å². The van der Waals surface area contributed by atoms with Gasteiger partial charge < -0.3 is 15.0 Å². The summed E-state index contributed by atoms with van der Waals surface area (Å²) in [6, 6.07) is 18.7. The van der Waals surface area contributed by atoms with E-state index in [2.05, 4.69) is 10.3 Å². The summed E-state index contributed by atoms with van der Waals surface area (Å²) in [4.78, 5) is 32.4. The Morgan fingerprint density at radius 1 is 0.895 bits per heavy atom. The molecule has 0 bridgehead atoms. The topological polar surface area (TPSA) is 81.4 Å². The predicted octanol–water partition coefficient (Wildman–Crippen LogP) is 4.34. The molecular formula is C27H26F3N5O3. The Bertz CT molecular complexity index is 1530. The Balaban J connectivity index is 1.77. The Hall–Kier alpha value is -4.54. The summed E-state index contributed by atoms with van der Waals surface area (Å²) in [5.41, 5.74) is 0.0326. The van der Waals surface area contributed by atoms with Gasteiger partial charge in [-0.2, -0.15) is 18.2 Å². The first-order valence-corrected chi connectivity index (χ1v) is 11.6. The quantitative estimate of drug-likeness (QED) is 0.369. The zero-order valence-corrected chi connectivity index (χ0v) is 21.0. The lowest BCUT2D eigenvalue weighted by molar-refractivity contribution is -0.137. The third kappa shape index (κ3) is 6.05. The number of anilines is 3. The molecule has 0 fully saturated rings. The SMILES string of the molecule is COc1ccc(Cn2c(=O)nc(Nc3cccc(C(F)(F)F)c3)n(Cc3ccc(N(C)C)cc3)c2=O)cc1. The van der Waals surface area contributed by atoms with Gasteiger partial charge in [0.15, 0.2) is 0 Å². The van der Waals surface area contributed by atoms with Crippen molar-refractivity contribution in [3.8, 4) is 5.75 Å². The number of methoxy groups -OCH3 is 1. The van der Waals surface area contributed by atoms with Gasteiger partial charge >= 0.3 is 17.6 Å².